The molecule has 2 aromatic carbocycles. The number of nitrogens with one attached hydrogen (secondary N) is 1. The Bertz CT molecular complexity index is 1010. The summed E-state index contributed by atoms with van der Waals surface area (Å²) >= 11 is 6.01. The SMILES string of the molecule is CCCN(Cc1nc2cc(Cl)ccc2c(=O)[nH]1)C(=O)c1ccc(CN)cc1. The van der Waals surface area contributed by atoms with Crippen LogP contribution in [0.2, 0.25) is 5.02 Å². The standard InChI is InChI=1S/C20H21ClN4O2/c1-2-9-25(20(27)14-5-3-13(11-22)4-6-14)12-18-23-17-10-15(21)7-8-16(17)19(26)24-18/h3-8,10H,2,9,11-12,22H2,1H3,(H,23,24,26). The molecule has 0 spiro atoms. The minimum Gasteiger partial charge on any atom is -0.331 e. The molecule has 27 heavy (non-hydrogen) atoms. The first kappa shape index (κ1) is 19.1. The summed E-state index contributed by atoms with van der Waals surface area (Å²) in [7, 11) is 0. The van der Waals surface area contributed by atoms with Gasteiger partial charge >= 0.3 is 0 Å². The van der Waals surface area contributed by atoms with E-state index in [1.54, 1.807) is 35.2 Å². The number of carbonyl (C=O) groups is 1. The van der Waals surface area contributed by atoms with Crippen LogP contribution in [0.5, 0.6) is 0 Å². The lowest BCUT2D eigenvalue weighted by molar-refractivity contribution is 0.0739. The van der Waals surface area contributed by atoms with E-state index in [0.29, 0.717) is 40.4 Å². The van der Waals surface area contributed by atoms with Crippen LogP contribution in [0.25, 0.3) is 10.9 Å². The van der Waals surface area contributed by atoms with Crippen LogP contribution in [0.15, 0.2) is 47.3 Å². The second-order valence-electron chi connectivity index (χ2n) is 6.30. The normalized spacial score (nSPS) is 10.9. The van der Waals surface area contributed by atoms with Gasteiger partial charge in [-0.1, -0.05) is 30.7 Å². The summed E-state index contributed by atoms with van der Waals surface area (Å²) in [6.45, 7) is 3.18. The maximum Gasteiger partial charge on any atom is 0.258 e. The van der Waals surface area contributed by atoms with Gasteiger partial charge in [0.2, 0.25) is 0 Å². The molecule has 0 aliphatic heterocycles. The molecule has 1 heterocycles. The average molecular weight is 385 g/mol. The van der Waals surface area contributed by atoms with Gasteiger partial charge in [-0.15, -0.1) is 0 Å². The van der Waals surface area contributed by atoms with E-state index in [1.165, 1.54) is 0 Å². The quantitative estimate of drug-likeness (QED) is 0.683. The molecule has 3 aromatic rings. The summed E-state index contributed by atoms with van der Waals surface area (Å²) in [6, 6.07) is 12.2. The number of fused-ring (bicyclic) bond motifs is 1. The number of H-pyrrole nitrogens is 1. The van der Waals surface area contributed by atoms with Crippen molar-refractivity contribution in [2.75, 3.05) is 6.54 Å². The van der Waals surface area contributed by atoms with E-state index in [9.17, 15) is 9.59 Å². The van der Waals surface area contributed by atoms with Crippen molar-refractivity contribution in [1.29, 1.82) is 0 Å². The first-order valence-electron chi connectivity index (χ1n) is 8.78. The van der Waals surface area contributed by atoms with E-state index in [-0.39, 0.29) is 18.0 Å². The Morgan fingerprint density at radius 3 is 2.63 bits per heavy atom. The van der Waals surface area contributed by atoms with Crippen LogP contribution in [-0.4, -0.2) is 27.3 Å². The molecule has 140 valence electrons. The second-order valence-corrected chi connectivity index (χ2v) is 6.74. The summed E-state index contributed by atoms with van der Waals surface area (Å²) in [5.74, 6) is 0.310. The molecule has 3 N–H and O–H groups in total. The number of aromatic amines is 1. The van der Waals surface area contributed by atoms with Crippen LogP contribution in [0.1, 0.15) is 35.1 Å². The van der Waals surface area contributed by atoms with Gasteiger partial charge in [-0.3, -0.25) is 9.59 Å². The summed E-state index contributed by atoms with van der Waals surface area (Å²) in [5, 5.41) is 0.974. The van der Waals surface area contributed by atoms with E-state index in [2.05, 4.69) is 9.97 Å². The Labute approximate surface area is 162 Å². The van der Waals surface area contributed by atoms with Gasteiger partial charge in [0.25, 0.3) is 11.5 Å². The molecule has 0 saturated heterocycles. The largest absolute Gasteiger partial charge is 0.331 e. The lowest BCUT2D eigenvalue weighted by Crippen LogP contribution is -2.32. The van der Waals surface area contributed by atoms with Crippen molar-refractivity contribution in [2.24, 2.45) is 5.73 Å². The fourth-order valence-electron chi connectivity index (χ4n) is 2.91. The number of nitrogens with two attached hydrogens (primary N) is 1. The number of rotatable bonds is 6. The van der Waals surface area contributed by atoms with E-state index < -0.39 is 0 Å². The fourth-order valence-corrected chi connectivity index (χ4v) is 3.07. The highest BCUT2D eigenvalue weighted by Gasteiger charge is 2.17. The van der Waals surface area contributed by atoms with Gasteiger partial charge in [0.1, 0.15) is 5.82 Å². The van der Waals surface area contributed by atoms with Crippen LogP contribution >= 0.6 is 11.6 Å². The molecular weight excluding hydrogens is 364 g/mol. The average Bonchev–Trinajstić information content (AvgIpc) is 2.67. The summed E-state index contributed by atoms with van der Waals surface area (Å²) < 4.78 is 0. The number of benzene rings is 2. The second kappa shape index (κ2) is 8.33. The summed E-state index contributed by atoms with van der Waals surface area (Å²) in [6.07, 6.45) is 0.788. The van der Waals surface area contributed by atoms with Crippen LogP contribution in [0, 0.1) is 0 Å². The maximum absolute atomic E-state index is 12.9. The number of hydrogen-bond donors (Lipinski definition) is 2. The van der Waals surface area contributed by atoms with Crippen molar-refractivity contribution in [3.05, 3.63) is 74.8 Å². The maximum atomic E-state index is 12.9. The Morgan fingerprint density at radius 2 is 1.96 bits per heavy atom. The number of carbonyl (C=O) groups excluding carboxylic acids is 1. The molecule has 0 aliphatic rings. The van der Waals surface area contributed by atoms with Crippen molar-refractivity contribution in [1.82, 2.24) is 14.9 Å². The third-order valence-electron chi connectivity index (χ3n) is 4.28. The van der Waals surface area contributed by atoms with E-state index in [1.807, 2.05) is 19.1 Å². The molecule has 7 heteroatoms. The molecule has 0 fully saturated rings. The molecule has 0 atom stereocenters. The highest BCUT2D eigenvalue weighted by molar-refractivity contribution is 6.31. The van der Waals surface area contributed by atoms with E-state index >= 15 is 0 Å². The minimum atomic E-state index is -0.247. The van der Waals surface area contributed by atoms with Gasteiger partial charge in [0.05, 0.1) is 17.4 Å². The van der Waals surface area contributed by atoms with Gasteiger partial charge < -0.3 is 15.6 Å². The Balaban J connectivity index is 1.90. The molecule has 3 rings (SSSR count). The smallest absolute Gasteiger partial charge is 0.258 e. The molecule has 0 aliphatic carbocycles. The van der Waals surface area contributed by atoms with Gasteiger partial charge in [-0.05, 0) is 42.3 Å². The van der Waals surface area contributed by atoms with Crippen molar-refractivity contribution < 1.29 is 4.79 Å². The third kappa shape index (κ3) is 4.35. The summed E-state index contributed by atoms with van der Waals surface area (Å²) in [4.78, 5) is 34.1. The predicted molar refractivity (Wildman–Crippen MR) is 107 cm³/mol. The van der Waals surface area contributed by atoms with Gasteiger partial charge in [0.15, 0.2) is 0 Å². The Morgan fingerprint density at radius 1 is 1.22 bits per heavy atom. The molecule has 0 radical (unpaired) electrons. The van der Waals surface area contributed by atoms with Crippen LogP contribution < -0.4 is 11.3 Å². The zero-order chi connectivity index (χ0) is 19.4. The van der Waals surface area contributed by atoms with Crippen LogP contribution in [-0.2, 0) is 13.1 Å². The van der Waals surface area contributed by atoms with E-state index in [0.717, 1.165) is 12.0 Å². The van der Waals surface area contributed by atoms with Crippen LogP contribution in [0.4, 0.5) is 0 Å². The highest BCUT2D eigenvalue weighted by Crippen LogP contribution is 2.16. The predicted octanol–water partition coefficient (Wildman–Crippen LogP) is 3.09. The fraction of sp³-hybridized carbons (Fsp3) is 0.250. The Hall–Kier alpha value is -2.70. The number of nitrogens with zero attached hydrogens (tertiary/aromatic N) is 2. The lowest BCUT2D eigenvalue weighted by atomic mass is 10.1. The molecule has 0 bridgehead atoms. The zero-order valence-electron chi connectivity index (χ0n) is 15.0. The third-order valence-corrected chi connectivity index (χ3v) is 4.51. The molecule has 1 amide bonds. The zero-order valence-corrected chi connectivity index (χ0v) is 15.8. The molecule has 6 nitrogen and oxygen atoms in total. The van der Waals surface area contributed by atoms with Crippen molar-refractivity contribution >= 4 is 28.4 Å². The topological polar surface area (TPSA) is 92.1 Å². The van der Waals surface area contributed by atoms with Crippen molar-refractivity contribution in [2.45, 2.75) is 26.4 Å². The summed E-state index contributed by atoms with van der Waals surface area (Å²) in [5.41, 5.74) is 7.41. The van der Waals surface area contributed by atoms with E-state index in [4.69, 9.17) is 17.3 Å². The minimum absolute atomic E-state index is 0.116. The number of aromatic nitrogens is 2. The number of halogens is 1. The van der Waals surface area contributed by atoms with Gasteiger partial charge in [-0.25, -0.2) is 4.98 Å². The Kier molecular flexibility index (Phi) is 5.88. The first-order chi connectivity index (χ1) is 13.0. The number of hydrogen-bond acceptors (Lipinski definition) is 4. The lowest BCUT2D eigenvalue weighted by Gasteiger charge is -2.22. The van der Waals surface area contributed by atoms with Crippen LogP contribution in [0.3, 0.4) is 0 Å². The molecular formula is C20H21ClN4O2. The highest BCUT2D eigenvalue weighted by atomic mass is 35.5. The van der Waals surface area contributed by atoms with Gasteiger partial charge in [0, 0.05) is 23.7 Å². The molecule has 0 saturated carbocycles. The van der Waals surface area contributed by atoms with Gasteiger partial charge in [-0.2, -0.15) is 0 Å². The van der Waals surface area contributed by atoms with Crippen molar-refractivity contribution in [3.63, 3.8) is 0 Å². The van der Waals surface area contributed by atoms with Crippen molar-refractivity contribution in [3.8, 4) is 0 Å². The monoisotopic (exact) mass is 384 g/mol. The number of amides is 1. The molecule has 1 aromatic heterocycles. The molecule has 0 unspecified atom stereocenters. The first-order valence-corrected chi connectivity index (χ1v) is 9.16.